The zero-order chi connectivity index (χ0) is 26.4. The number of carboxylic acids is 1. The van der Waals surface area contributed by atoms with Crippen LogP contribution in [0.4, 0.5) is 0 Å². The average Bonchev–Trinajstić information content (AvgIpc) is 3.46. The largest absolute Gasteiger partial charge is 0.481 e. The lowest BCUT2D eigenvalue weighted by Crippen LogP contribution is -2.41. The van der Waals surface area contributed by atoms with E-state index in [1.807, 2.05) is 0 Å². The molecule has 5 unspecified atom stereocenters. The maximum atomic E-state index is 10.6. The fourth-order valence-corrected chi connectivity index (χ4v) is 6.03. The molecule has 0 spiro atoms. The van der Waals surface area contributed by atoms with Gasteiger partial charge in [0.15, 0.2) is 0 Å². The fourth-order valence-electron chi connectivity index (χ4n) is 3.34. The average molecular weight is 549 g/mol. The Kier molecular flexibility index (Phi) is 13.5. The zero-order valence-electron chi connectivity index (χ0n) is 18.1. The molecule has 0 saturated carbocycles. The van der Waals surface area contributed by atoms with Crippen LogP contribution in [-0.4, -0.2) is 78.3 Å². The SMILES string of the molecule is O=C(O)CCC(O[N+](=O)[O-])C(O[N+](=O)[O-])C1CCCS1.O=[N+]([O-])OCC(O[N+](=O)[O-])C1CCCS1. The molecule has 0 aromatic carbocycles. The Morgan fingerprint density at radius 1 is 0.857 bits per heavy atom. The Morgan fingerprint density at radius 3 is 1.83 bits per heavy atom. The Hall–Kier alpha value is -3.03. The molecule has 18 nitrogen and oxygen atoms in total. The Morgan fingerprint density at radius 2 is 1.40 bits per heavy atom. The van der Waals surface area contributed by atoms with E-state index in [9.17, 15) is 45.3 Å². The van der Waals surface area contributed by atoms with Gasteiger partial charge in [-0.1, -0.05) is 0 Å². The second-order valence-electron chi connectivity index (χ2n) is 7.08. The topological polar surface area (TPSA) is 247 Å². The Balaban J connectivity index is 0.000000365. The predicted octanol–water partition coefficient (Wildman–Crippen LogP) is 1.57. The van der Waals surface area contributed by atoms with E-state index in [0.29, 0.717) is 6.42 Å². The molecule has 200 valence electrons. The van der Waals surface area contributed by atoms with Crippen molar-refractivity contribution in [3.63, 3.8) is 0 Å². The van der Waals surface area contributed by atoms with E-state index in [2.05, 4.69) is 19.4 Å². The van der Waals surface area contributed by atoms with Crippen molar-refractivity contribution in [2.24, 2.45) is 0 Å². The van der Waals surface area contributed by atoms with Crippen LogP contribution in [0, 0.1) is 40.5 Å². The van der Waals surface area contributed by atoms with Crippen LogP contribution in [0.15, 0.2) is 0 Å². The zero-order valence-corrected chi connectivity index (χ0v) is 19.7. The Bertz CT molecular complexity index is 734. The van der Waals surface area contributed by atoms with E-state index < -0.39 is 57.7 Å². The molecule has 2 rings (SSSR count). The second kappa shape index (κ2) is 15.8. The summed E-state index contributed by atoms with van der Waals surface area (Å²) in [6, 6.07) is 0. The molecule has 0 aliphatic carbocycles. The second-order valence-corrected chi connectivity index (χ2v) is 9.78. The summed E-state index contributed by atoms with van der Waals surface area (Å²) in [5.41, 5.74) is 0. The molecule has 35 heavy (non-hydrogen) atoms. The highest BCUT2D eigenvalue weighted by Gasteiger charge is 2.37. The third-order valence-corrected chi connectivity index (χ3v) is 7.66. The van der Waals surface area contributed by atoms with Gasteiger partial charge in [-0.15, -0.1) is 40.5 Å². The van der Waals surface area contributed by atoms with E-state index in [-0.39, 0.29) is 16.9 Å². The van der Waals surface area contributed by atoms with Crippen molar-refractivity contribution < 1.29 is 49.6 Å². The van der Waals surface area contributed by atoms with Gasteiger partial charge in [0, 0.05) is 16.9 Å². The number of carbonyl (C=O) groups is 1. The highest BCUT2D eigenvalue weighted by Crippen LogP contribution is 2.33. The fraction of sp³-hybridized carbons (Fsp3) is 0.933. The molecule has 0 aromatic rings. The number of hydrogen-bond acceptors (Lipinski definition) is 15. The van der Waals surface area contributed by atoms with Gasteiger partial charge in [0.05, 0.1) is 0 Å². The van der Waals surface area contributed by atoms with Crippen LogP contribution in [0.5, 0.6) is 0 Å². The molecule has 0 amide bonds. The summed E-state index contributed by atoms with van der Waals surface area (Å²) in [4.78, 5) is 69.0. The van der Waals surface area contributed by atoms with Crippen molar-refractivity contribution in [3.05, 3.63) is 40.5 Å². The molecule has 2 saturated heterocycles. The highest BCUT2D eigenvalue weighted by atomic mass is 32.2. The summed E-state index contributed by atoms with van der Waals surface area (Å²) < 4.78 is 0. The van der Waals surface area contributed by atoms with Gasteiger partial charge in [-0.05, 0) is 43.6 Å². The number of thioether (sulfide) groups is 2. The molecule has 2 aliphatic rings. The molecule has 0 bridgehead atoms. The van der Waals surface area contributed by atoms with Crippen molar-refractivity contribution in [1.82, 2.24) is 0 Å². The van der Waals surface area contributed by atoms with Gasteiger partial charge >= 0.3 is 5.97 Å². The normalized spacial score (nSPS) is 21.4. The van der Waals surface area contributed by atoms with Crippen LogP contribution in [0.2, 0.25) is 0 Å². The molecule has 2 heterocycles. The first-order valence-electron chi connectivity index (χ1n) is 10.1. The summed E-state index contributed by atoms with van der Waals surface area (Å²) in [7, 11) is 0. The third kappa shape index (κ3) is 12.9. The number of hydrogen-bond donors (Lipinski definition) is 1. The maximum Gasteiger partial charge on any atom is 0.303 e. The lowest BCUT2D eigenvalue weighted by atomic mass is 10.0. The smallest absolute Gasteiger partial charge is 0.303 e. The first-order valence-corrected chi connectivity index (χ1v) is 12.2. The summed E-state index contributed by atoms with van der Waals surface area (Å²) >= 11 is 2.91. The number of carboxylic acid groups (broad SMARTS) is 1. The standard InChI is InChI=1S/C9H14N2O8S.C6H10N2O6S/c12-8(13)4-3-6(18-10(14)15)9(19-11(16)17)7-2-1-5-20-7;9-7(10)13-4-5(14-8(11)12)6-2-1-3-15-6/h6-7,9H,1-5H2,(H,12,13);5-6H,1-4H2. The number of nitrogens with zero attached hydrogens (tertiary/aromatic N) is 4. The van der Waals surface area contributed by atoms with E-state index in [1.165, 1.54) is 23.5 Å². The summed E-state index contributed by atoms with van der Waals surface area (Å²) in [5.74, 6) is 0.494. The highest BCUT2D eigenvalue weighted by molar-refractivity contribution is 8.00. The molecular formula is C15H24N4O14S2. The molecule has 2 fully saturated rings. The van der Waals surface area contributed by atoms with Gasteiger partial charge in [-0.25, -0.2) is 0 Å². The summed E-state index contributed by atoms with van der Waals surface area (Å²) in [5, 5.41) is 45.3. The first-order chi connectivity index (χ1) is 16.5. The summed E-state index contributed by atoms with van der Waals surface area (Å²) in [6.45, 7) is -0.397. The van der Waals surface area contributed by atoms with Crippen LogP contribution in [0.3, 0.4) is 0 Å². The predicted molar refractivity (Wildman–Crippen MR) is 116 cm³/mol. The van der Waals surface area contributed by atoms with Gasteiger partial charge in [0.1, 0.15) is 24.9 Å². The molecule has 0 aromatic heterocycles. The van der Waals surface area contributed by atoms with E-state index in [4.69, 9.17) is 5.11 Å². The van der Waals surface area contributed by atoms with Gasteiger partial charge in [0.25, 0.3) is 20.3 Å². The molecular weight excluding hydrogens is 524 g/mol. The van der Waals surface area contributed by atoms with Gasteiger partial charge in [-0.2, -0.15) is 23.5 Å². The van der Waals surface area contributed by atoms with Crippen LogP contribution >= 0.6 is 23.5 Å². The lowest BCUT2D eigenvalue weighted by Gasteiger charge is -2.27. The number of rotatable bonds is 15. The Labute approximate surface area is 205 Å². The minimum atomic E-state index is -1.28. The van der Waals surface area contributed by atoms with Crippen LogP contribution in [-0.2, 0) is 24.1 Å². The molecule has 0 radical (unpaired) electrons. The van der Waals surface area contributed by atoms with E-state index in [1.54, 1.807) is 0 Å². The van der Waals surface area contributed by atoms with Gasteiger partial charge in [-0.3, -0.25) is 4.79 Å². The first kappa shape index (κ1) is 30.0. The third-order valence-electron chi connectivity index (χ3n) is 4.71. The van der Waals surface area contributed by atoms with Crippen molar-refractivity contribution in [3.8, 4) is 0 Å². The van der Waals surface area contributed by atoms with Crippen molar-refractivity contribution in [1.29, 1.82) is 0 Å². The monoisotopic (exact) mass is 548 g/mol. The molecule has 20 heteroatoms. The van der Waals surface area contributed by atoms with Crippen LogP contribution in [0.25, 0.3) is 0 Å². The minimum Gasteiger partial charge on any atom is -0.481 e. The lowest BCUT2D eigenvalue weighted by molar-refractivity contribution is -0.798. The quantitative estimate of drug-likeness (QED) is 0.225. The number of aliphatic carboxylic acids is 1. The van der Waals surface area contributed by atoms with E-state index >= 15 is 0 Å². The van der Waals surface area contributed by atoms with Crippen molar-refractivity contribution in [2.75, 3.05) is 18.1 Å². The molecule has 5 atom stereocenters. The van der Waals surface area contributed by atoms with E-state index in [0.717, 1.165) is 30.8 Å². The van der Waals surface area contributed by atoms with Crippen LogP contribution in [0.1, 0.15) is 38.5 Å². The minimum absolute atomic E-state index is 0.102. The van der Waals surface area contributed by atoms with Gasteiger partial charge in [0.2, 0.25) is 0 Å². The molecule has 2 aliphatic heterocycles. The maximum absolute atomic E-state index is 10.6. The van der Waals surface area contributed by atoms with Crippen molar-refractivity contribution in [2.45, 2.75) is 67.3 Å². The van der Waals surface area contributed by atoms with Crippen LogP contribution < -0.4 is 0 Å². The van der Waals surface area contributed by atoms with Crippen molar-refractivity contribution >= 4 is 29.5 Å². The molecule has 1 N–H and O–H groups in total. The summed E-state index contributed by atoms with van der Waals surface area (Å²) in [6.07, 6.45) is -0.804. The van der Waals surface area contributed by atoms with Gasteiger partial charge < -0.3 is 24.5 Å².